The predicted molar refractivity (Wildman–Crippen MR) is 63.9 cm³/mol. The Morgan fingerprint density at radius 3 is 2.88 bits per heavy atom. The van der Waals surface area contributed by atoms with Gasteiger partial charge in [-0.3, -0.25) is 5.10 Å². The van der Waals surface area contributed by atoms with E-state index < -0.39 is 16.1 Å². The third kappa shape index (κ3) is 2.46. The zero-order valence-corrected chi connectivity index (χ0v) is 10.5. The van der Waals surface area contributed by atoms with Crippen LogP contribution in [0.15, 0.2) is 22.7 Å². The van der Waals surface area contributed by atoms with E-state index in [9.17, 15) is 8.42 Å². The standard InChI is InChI=1S/C8H11N5O2S2/c1-5(8-10-2-3-16-8)13-17(14,15)6-4-11-12-7(6)9/h2-5,13H,1H3,(H3,9,11,12). The molecule has 1 atom stereocenters. The molecule has 0 saturated heterocycles. The van der Waals surface area contributed by atoms with Crippen molar-refractivity contribution >= 4 is 27.2 Å². The maximum Gasteiger partial charge on any atom is 0.246 e. The number of H-pyrrole nitrogens is 1. The quantitative estimate of drug-likeness (QED) is 0.750. The van der Waals surface area contributed by atoms with E-state index >= 15 is 0 Å². The molecule has 9 heteroatoms. The maximum absolute atomic E-state index is 11.9. The van der Waals surface area contributed by atoms with Gasteiger partial charge in [0, 0.05) is 11.6 Å². The molecular formula is C8H11N5O2S2. The normalized spacial score (nSPS) is 13.7. The monoisotopic (exact) mass is 273 g/mol. The molecule has 0 saturated carbocycles. The highest BCUT2D eigenvalue weighted by Crippen LogP contribution is 2.20. The van der Waals surface area contributed by atoms with Crippen molar-refractivity contribution < 1.29 is 8.42 Å². The first-order valence-corrected chi connectivity index (χ1v) is 7.07. The topological polar surface area (TPSA) is 114 Å². The van der Waals surface area contributed by atoms with Gasteiger partial charge in [0.05, 0.1) is 12.2 Å². The molecule has 4 N–H and O–H groups in total. The van der Waals surface area contributed by atoms with E-state index in [0.717, 1.165) is 0 Å². The highest BCUT2D eigenvalue weighted by atomic mass is 32.2. The molecule has 17 heavy (non-hydrogen) atoms. The van der Waals surface area contributed by atoms with Gasteiger partial charge in [-0.15, -0.1) is 11.3 Å². The highest BCUT2D eigenvalue weighted by molar-refractivity contribution is 7.89. The van der Waals surface area contributed by atoms with Crippen molar-refractivity contribution in [2.24, 2.45) is 0 Å². The van der Waals surface area contributed by atoms with Gasteiger partial charge in [0.15, 0.2) is 0 Å². The number of anilines is 1. The van der Waals surface area contributed by atoms with E-state index in [-0.39, 0.29) is 10.7 Å². The lowest BCUT2D eigenvalue weighted by Gasteiger charge is -2.10. The molecule has 7 nitrogen and oxygen atoms in total. The molecule has 2 heterocycles. The summed E-state index contributed by atoms with van der Waals surface area (Å²) in [6.45, 7) is 1.71. The van der Waals surface area contributed by atoms with Crippen molar-refractivity contribution in [3.8, 4) is 0 Å². The Morgan fingerprint density at radius 2 is 2.35 bits per heavy atom. The summed E-state index contributed by atoms with van der Waals surface area (Å²) in [6.07, 6.45) is 2.79. The Balaban J connectivity index is 2.22. The fourth-order valence-corrected chi connectivity index (χ4v) is 3.25. The summed E-state index contributed by atoms with van der Waals surface area (Å²) in [4.78, 5) is 3.99. The number of aromatic amines is 1. The largest absolute Gasteiger partial charge is 0.383 e. The lowest BCUT2D eigenvalue weighted by molar-refractivity contribution is 0.567. The Morgan fingerprint density at radius 1 is 1.59 bits per heavy atom. The van der Waals surface area contributed by atoms with Crippen LogP contribution >= 0.6 is 11.3 Å². The number of rotatable bonds is 4. The molecule has 92 valence electrons. The summed E-state index contributed by atoms with van der Waals surface area (Å²) in [7, 11) is -3.67. The molecule has 0 aromatic carbocycles. The Labute approximate surface area is 102 Å². The zero-order chi connectivity index (χ0) is 12.5. The van der Waals surface area contributed by atoms with Crippen molar-refractivity contribution in [2.75, 3.05) is 5.73 Å². The van der Waals surface area contributed by atoms with Crippen LogP contribution in [0.1, 0.15) is 18.0 Å². The Bertz CT molecular complexity index is 589. The number of nitrogens with one attached hydrogen (secondary N) is 2. The van der Waals surface area contributed by atoms with Gasteiger partial charge >= 0.3 is 0 Å². The van der Waals surface area contributed by atoms with E-state index in [4.69, 9.17) is 5.73 Å². The van der Waals surface area contributed by atoms with Crippen molar-refractivity contribution in [2.45, 2.75) is 17.9 Å². The van der Waals surface area contributed by atoms with Gasteiger partial charge in [0.1, 0.15) is 15.7 Å². The van der Waals surface area contributed by atoms with Crippen LogP contribution in [0.3, 0.4) is 0 Å². The fraction of sp³-hybridized carbons (Fsp3) is 0.250. The first-order chi connectivity index (χ1) is 8.00. The first-order valence-electron chi connectivity index (χ1n) is 4.71. The van der Waals surface area contributed by atoms with E-state index in [2.05, 4.69) is 19.9 Å². The number of hydrogen-bond donors (Lipinski definition) is 3. The lowest BCUT2D eigenvalue weighted by atomic mass is 10.4. The van der Waals surface area contributed by atoms with Crippen LogP contribution in [-0.4, -0.2) is 23.6 Å². The molecular weight excluding hydrogens is 262 g/mol. The lowest BCUT2D eigenvalue weighted by Crippen LogP contribution is -2.27. The molecule has 0 spiro atoms. The van der Waals surface area contributed by atoms with Gasteiger partial charge in [0.2, 0.25) is 10.0 Å². The molecule has 2 aromatic rings. The van der Waals surface area contributed by atoms with Gasteiger partial charge < -0.3 is 5.73 Å². The Kier molecular flexibility index (Phi) is 3.13. The van der Waals surface area contributed by atoms with Crippen molar-refractivity contribution in [3.05, 3.63) is 22.8 Å². The summed E-state index contributed by atoms with van der Waals surface area (Å²) in [6, 6.07) is -0.408. The third-order valence-electron chi connectivity index (χ3n) is 2.08. The third-order valence-corrected chi connectivity index (χ3v) is 4.60. The summed E-state index contributed by atoms with van der Waals surface area (Å²) < 4.78 is 26.4. The zero-order valence-electron chi connectivity index (χ0n) is 8.91. The Hall–Kier alpha value is -1.45. The van der Waals surface area contributed by atoms with Gasteiger partial charge in [-0.1, -0.05) is 0 Å². The molecule has 0 fully saturated rings. The molecule has 2 aromatic heterocycles. The van der Waals surface area contributed by atoms with Crippen LogP contribution < -0.4 is 10.5 Å². The highest BCUT2D eigenvalue weighted by Gasteiger charge is 2.23. The maximum atomic E-state index is 11.9. The van der Waals surface area contributed by atoms with Crippen LogP contribution in [-0.2, 0) is 10.0 Å². The first kappa shape index (κ1) is 12.0. The molecule has 0 aliphatic rings. The smallest absolute Gasteiger partial charge is 0.246 e. The molecule has 1 unspecified atom stereocenters. The van der Waals surface area contributed by atoms with E-state index in [0.29, 0.717) is 5.01 Å². The number of nitrogens with two attached hydrogens (primary N) is 1. The van der Waals surface area contributed by atoms with Gasteiger partial charge in [0.25, 0.3) is 0 Å². The van der Waals surface area contributed by atoms with Crippen LogP contribution in [0.25, 0.3) is 0 Å². The number of nitrogen functional groups attached to an aromatic ring is 1. The van der Waals surface area contributed by atoms with Crippen LogP contribution in [0.4, 0.5) is 5.82 Å². The average Bonchev–Trinajstić information content (AvgIpc) is 2.85. The second-order valence-electron chi connectivity index (χ2n) is 3.36. The van der Waals surface area contributed by atoms with Crippen molar-refractivity contribution in [1.29, 1.82) is 0 Å². The summed E-state index contributed by atoms with van der Waals surface area (Å²) in [5, 5.41) is 8.43. The minimum atomic E-state index is -3.67. The number of thiazole rings is 1. The molecule has 0 aliphatic heterocycles. The summed E-state index contributed by atoms with van der Waals surface area (Å²) >= 11 is 1.38. The van der Waals surface area contributed by atoms with Gasteiger partial charge in [-0.25, -0.2) is 18.1 Å². The van der Waals surface area contributed by atoms with E-state index in [1.54, 1.807) is 18.5 Å². The molecule has 0 bridgehead atoms. The van der Waals surface area contributed by atoms with Crippen molar-refractivity contribution in [3.63, 3.8) is 0 Å². The van der Waals surface area contributed by atoms with E-state index in [1.165, 1.54) is 17.5 Å². The van der Waals surface area contributed by atoms with Gasteiger partial charge in [-0.2, -0.15) is 5.10 Å². The second-order valence-corrected chi connectivity index (χ2v) is 5.97. The summed E-state index contributed by atoms with van der Waals surface area (Å²) in [5.41, 5.74) is 5.47. The second kappa shape index (κ2) is 4.43. The number of hydrogen-bond acceptors (Lipinski definition) is 6. The summed E-state index contributed by atoms with van der Waals surface area (Å²) in [5.74, 6) is 0.0174. The van der Waals surface area contributed by atoms with Crippen LogP contribution in [0.2, 0.25) is 0 Å². The van der Waals surface area contributed by atoms with E-state index in [1.807, 2.05) is 0 Å². The van der Waals surface area contributed by atoms with Crippen molar-refractivity contribution in [1.82, 2.24) is 19.9 Å². The molecule has 0 radical (unpaired) electrons. The fourth-order valence-electron chi connectivity index (χ4n) is 1.29. The SMILES string of the molecule is CC(NS(=O)(=O)c1cn[nH]c1N)c1nccs1. The predicted octanol–water partition coefficient (Wildman–Crippen LogP) is 0.488. The average molecular weight is 273 g/mol. The van der Waals surface area contributed by atoms with Gasteiger partial charge in [-0.05, 0) is 6.92 Å². The molecule has 0 amide bonds. The number of sulfonamides is 1. The van der Waals surface area contributed by atoms with Crippen LogP contribution in [0.5, 0.6) is 0 Å². The minimum absolute atomic E-state index is 0.0174. The number of aromatic nitrogens is 3. The minimum Gasteiger partial charge on any atom is -0.383 e. The molecule has 0 aliphatic carbocycles. The van der Waals surface area contributed by atoms with Crippen LogP contribution in [0, 0.1) is 0 Å². The number of nitrogens with zero attached hydrogens (tertiary/aromatic N) is 2. The molecule has 2 rings (SSSR count).